The summed E-state index contributed by atoms with van der Waals surface area (Å²) in [6.07, 6.45) is 4.21. The van der Waals surface area contributed by atoms with Crippen LogP contribution in [0.1, 0.15) is 32.8 Å². The maximum atomic E-state index is 12.2. The molecule has 1 aliphatic carbocycles. The van der Waals surface area contributed by atoms with Gasteiger partial charge in [0.2, 0.25) is 0 Å². The minimum absolute atomic E-state index is 0.0208. The standard InChI is InChI=1S/C21H22N2O/c1-21(2,3)20-19(14-8-6-5-7-9-14)17-10-15(12-22)18(24)11-16(17)13-23(20)4/h5-10,13,15H,11H2,1-4H3. The van der Waals surface area contributed by atoms with Gasteiger partial charge in [0.05, 0.1) is 6.07 Å². The molecule has 3 nitrogen and oxygen atoms in total. The minimum atomic E-state index is -0.652. The molecule has 3 rings (SSSR count). The van der Waals surface area contributed by atoms with Crippen LogP contribution in [-0.2, 0) is 4.79 Å². The van der Waals surface area contributed by atoms with Gasteiger partial charge in [-0.15, -0.1) is 0 Å². The molecule has 0 saturated carbocycles. The Morgan fingerprint density at radius 1 is 1.21 bits per heavy atom. The van der Waals surface area contributed by atoms with Crippen molar-refractivity contribution in [2.45, 2.75) is 27.2 Å². The van der Waals surface area contributed by atoms with Gasteiger partial charge in [-0.2, -0.15) is 5.26 Å². The predicted octanol–water partition coefficient (Wildman–Crippen LogP) is 4.31. The van der Waals surface area contributed by atoms with Crippen LogP contribution in [0.4, 0.5) is 0 Å². The highest BCUT2D eigenvalue weighted by molar-refractivity contribution is 5.97. The molecule has 1 aliphatic heterocycles. The molecule has 24 heavy (non-hydrogen) atoms. The lowest BCUT2D eigenvalue weighted by Gasteiger charge is -2.39. The Balaban J connectivity index is 2.30. The van der Waals surface area contributed by atoms with Gasteiger partial charge < -0.3 is 4.90 Å². The fourth-order valence-corrected chi connectivity index (χ4v) is 3.63. The molecular formula is C21H22N2O. The summed E-state index contributed by atoms with van der Waals surface area (Å²) in [5.41, 5.74) is 5.44. The summed E-state index contributed by atoms with van der Waals surface area (Å²) in [7, 11) is 2.04. The van der Waals surface area contributed by atoms with Gasteiger partial charge in [-0.25, -0.2) is 0 Å². The van der Waals surface area contributed by atoms with Crippen LogP contribution in [0.15, 0.2) is 59.5 Å². The topological polar surface area (TPSA) is 44.1 Å². The van der Waals surface area contributed by atoms with Crippen LogP contribution in [-0.4, -0.2) is 17.7 Å². The minimum Gasteiger partial charge on any atom is -0.353 e. The van der Waals surface area contributed by atoms with Gasteiger partial charge >= 0.3 is 0 Å². The van der Waals surface area contributed by atoms with Crippen molar-refractivity contribution in [1.82, 2.24) is 4.90 Å². The molecule has 1 atom stereocenters. The van der Waals surface area contributed by atoms with Gasteiger partial charge in [0, 0.05) is 36.4 Å². The van der Waals surface area contributed by atoms with Crippen LogP contribution in [0.3, 0.4) is 0 Å². The summed E-state index contributed by atoms with van der Waals surface area (Å²) >= 11 is 0. The summed E-state index contributed by atoms with van der Waals surface area (Å²) < 4.78 is 0. The van der Waals surface area contributed by atoms with E-state index in [-0.39, 0.29) is 11.2 Å². The van der Waals surface area contributed by atoms with E-state index in [4.69, 9.17) is 0 Å². The van der Waals surface area contributed by atoms with Crippen molar-refractivity contribution in [2.75, 3.05) is 7.05 Å². The molecule has 0 amide bonds. The van der Waals surface area contributed by atoms with Crippen molar-refractivity contribution in [3.8, 4) is 6.07 Å². The normalized spacial score (nSPS) is 21.0. The number of rotatable bonds is 1. The lowest BCUT2D eigenvalue weighted by molar-refractivity contribution is -0.119. The Morgan fingerprint density at radius 3 is 2.46 bits per heavy atom. The summed E-state index contributed by atoms with van der Waals surface area (Å²) in [5, 5.41) is 9.32. The maximum Gasteiger partial charge on any atom is 0.158 e. The van der Waals surface area contributed by atoms with Gasteiger partial charge in [0.15, 0.2) is 5.78 Å². The van der Waals surface area contributed by atoms with E-state index >= 15 is 0 Å². The summed E-state index contributed by atoms with van der Waals surface area (Å²) in [6.45, 7) is 6.57. The molecule has 1 heterocycles. The molecule has 122 valence electrons. The number of benzene rings is 1. The molecule has 0 saturated heterocycles. The SMILES string of the molecule is CN1C=C2CC(=O)C(C#N)C=C2C(c2ccccc2)=C1C(C)(C)C. The van der Waals surface area contributed by atoms with Crippen molar-refractivity contribution in [3.63, 3.8) is 0 Å². The number of Topliss-reactive ketones (excluding diaryl/α,β-unsaturated/α-hetero) is 1. The van der Waals surface area contributed by atoms with Crippen molar-refractivity contribution < 1.29 is 4.79 Å². The largest absolute Gasteiger partial charge is 0.353 e. The molecule has 0 fully saturated rings. The number of fused-ring (bicyclic) bond motifs is 1. The Labute approximate surface area is 143 Å². The highest BCUT2D eigenvalue weighted by atomic mass is 16.1. The summed E-state index contributed by atoms with van der Waals surface area (Å²) in [6, 6.07) is 12.4. The molecule has 2 aliphatic rings. The Morgan fingerprint density at radius 2 is 1.88 bits per heavy atom. The highest BCUT2D eigenvalue weighted by Crippen LogP contribution is 2.46. The van der Waals surface area contributed by atoms with E-state index in [0.29, 0.717) is 6.42 Å². The molecule has 3 heteroatoms. The number of hydrogen-bond acceptors (Lipinski definition) is 3. The van der Waals surface area contributed by atoms with Crippen LogP contribution in [0, 0.1) is 22.7 Å². The van der Waals surface area contributed by atoms with E-state index < -0.39 is 5.92 Å². The first-order chi connectivity index (χ1) is 11.3. The average molecular weight is 318 g/mol. The van der Waals surface area contributed by atoms with Gasteiger partial charge in [-0.05, 0) is 16.7 Å². The van der Waals surface area contributed by atoms with Crippen molar-refractivity contribution >= 4 is 11.4 Å². The van der Waals surface area contributed by atoms with Crippen LogP contribution in [0.5, 0.6) is 0 Å². The molecule has 0 radical (unpaired) electrons. The number of nitrogens with zero attached hydrogens (tertiary/aromatic N) is 2. The van der Waals surface area contributed by atoms with E-state index in [1.807, 2.05) is 37.5 Å². The maximum absolute atomic E-state index is 12.2. The van der Waals surface area contributed by atoms with E-state index in [0.717, 1.165) is 22.3 Å². The van der Waals surface area contributed by atoms with Crippen molar-refractivity contribution in [1.29, 1.82) is 5.26 Å². The second kappa shape index (κ2) is 5.79. The first kappa shape index (κ1) is 16.3. The molecule has 1 aromatic rings. The zero-order chi connectivity index (χ0) is 17.5. The lowest BCUT2D eigenvalue weighted by Crippen LogP contribution is -2.31. The van der Waals surface area contributed by atoms with Crippen LogP contribution >= 0.6 is 0 Å². The fraction of sp³-hybridized carbons (Fsp3) is 0.333. The molecular weight excluding hydrogens is 296 g/mol. The first-order valence-corrected chi connectivity index (χ1v) is 8.21. The van der Waals surface area contributed by atoms with E-state index in [9.17, 15) is 10.1 Å². The third kappa shape index (κ3) is 2.69. The first-order valence-electron chi connectivity index (χ1n) is 8.21. The van der Waals surface area contributed by atoms with Gasteiger partial charge in [0.1, 0.15) is 5.92 Å². The van der Waals surface area contributed by atoms with E-state index in [2.05, 4.69) is 43.9 Å². The second-order valence-corrected chi connectivity index (χ2v) is 7.44. The monoisotopic (exact) mass is 318 g/mol. The fourth-order valence-electron chi connectivity index (χ4n) is 3.63. The van der Waals surface area contributed by atoms with E-state index in [1.54, 1.807) is 0 Å². The Bertz CT molecular complexity index is 814. The van der Waals surface area contributed by atoms with Crippen LogP contribution < -0.4 is 0 Å². The van der Waals surface area contributed by atoms with Gasteiger partial charge in [-0.1, -0.05) is 57.2 Å². The Hall–Kier alpha value is -2.60. The van der Waals surface area contributed by atoms with Crippen molar-refractivity contribution in [2.24, 2.45) is 11.3 Å². The molecule has 0 bridgehead atoms. The quantitative estimate of drug-likeness (QED) is 0.775. The molecule has 1 aromatic carbocycles. The average Bonchev–Trinajstić information content (AvgIpc) is 2.52. The number of carbonyl (C=O) groups excluding carboxylic acids is 1. The molecule has 0 spiro atoms. The third-order valence-corrected chi connectivity index (χ3v) is 4.51. The van der Waals surface area contributed by atoms with Crippen molar-refractivity contribution in [3.05, 3.63) is 65.0 Å². The molecule has 1 unspecified atom stereocenters. The second-order valence-electron chi connectivity index (χ2n) is 7.44. The zero-order valence-corrected chi connectivity index (χ0v) is 14.6. The van der Waals surface area contributed by atoms with E-state index in [1.165, 1.54) is 5.70 Å². The number of nitriles is 1. The summed E-state index contributed by atoms with van der Waals surface area (Å²) in [4.78, 5) is 14.3. The highest BCUT2D eigenvalue weighted by Gasteiger charge is 2.35. The smallest absolute Gasteiger partial charge is 0.158 e. The van der Waals surface area contributed by atoms with Gasteiger partial charge in [-0.3, -0.25) is 4.79 Å². The number of carbonyl (C=O) groups is 1. The molecule has 0 aromatic heterocycles. The third-order valence-electron chi connectivity index (χ3n) is 4.51. The molecule has 0 N–H and O–H groups in total. The Kier molecular flexibility index (Phi) is 3.93. The zero-order valence-electron chi connectivity index (χ0n) is 14.6. The van der Waals surface area contributed by atoms with Crippen LogP contribution in [0.25, 0.3) is 5.57 Å². The summed E-state index contributed by atoms with van der Waals surface area (Å²) in [5.74, 6) is -0.673. The number of hydrogen-bond donors (Lipinski definition) is 0. The number of ketones is 1. The lowest BCUT2D eigenvalue weighted by atomic mass is 9.75. The number of allylic oxidation sites excluding steroid dienone is 5. The predicted molar refractivity (Wildman–Crippen MR) is 95.5 cm³/mol. The van der Waals surface area contributed by atoms with Crippen LogP contribution in [0.2, 0.25) is 0 Å². The van der Waals surface area contributed by atoms with Gasteiger partial charge in [0.25, 0.3) is 0 Å².